The molecule has 86 valence electrons. The van der Waals surface area contributed by atoms with Crippen LogP contribution in [0.1, 0.15) is 29.0 Å². The summed E-state index contributed by atoms with van der Waals surface area (Å²) in [4.78, 5) is 24.0. The molecule has 0 bridgehead atoms. The molecule has 0 unspecified atom stereocenters. The molecule has 0 radical (unpaired) electrons. The lowest BCUT2D eigenvalue weighted by Crippen LogP contribution is -2.25. The maximum atomic E-state index is 11.4. The van der Waals surface area contributed by atoms with Crippen molar-refractivity contribution in [2.24, 2.45) is 7.05 Å². The Morgan fingerprint density at radius 2 is 2.25 bits per heavy atom. The van der Waals surface area contributed by atoms with Gasteiger partial charge < -0.3 is 14.6 Å². The van der Waals surface area contributed by atoms with Crippen molar-refractivity contribution in [3.63, 3.8) is 0 Å². The third-order valence-electron chi connectivity index (χ3n) is 2.97. The highest BCUT2D eigenvalue weighted by atomic mass is 16.4. The summed E-state index contributed by atoms with van der Waals surface area (Å²) in [7, 11) is 1.71. The van der Waals surface area contributed by atoms with Gasteiger partial charge in [0.05, 0.1) is 6.54 Å². The van der Waals surface area contributed by atoms with Crippen LogP contribution in [-0.2, 0) is 18.4 Å². The number of hydrogen-bond donors (Lipinski definition) is 1. The average molecular weight is 222 g/mol. The maximum Gasteiger partial charge on any atom is 0.352 e. The molecule has 16 heavy (non-hydrogen) atoms. The SMILES string of the molecule is Cn1c(CN2CCCC2=O)ccc1C(=O)O. The van der Waals surface area contributed by atoms with E-state index in [1.807, 2.05) is 0 Å². The Morgan fingerprint density at radius 1 is 1.50 bits per heavy atom. The van der Waals surface area contributed by atoms with Crippen molar-refractivity contribution in [2.45, 2.75) is 19.4 Å². The van der Waals surface area contributed by atoms with E-state index in [2.05, 4.69) is 0 Å². The van der Waals surface area contributed by atoms with Gasteiger partial charge in [0.1, 0.15) is 5.69 Å². The number of rotatable bonds is 3. The van der Waals surface area contributed by atoms with Gasteiger partial charge in [0, 0.05) is 25.7 Å². The Balaban J connectivity index is 2.16. The van der Waals surface area contributed by atoms with E-state index in [0.29, 0.717) is 13.0 Å². The number of hydrogen-bond acceptors (Lipinski definition) is 2. The summed E-state index contributed by atoms with van der Waals surface area (Å²) in [5.41, 5.74) is 1.11. The minimum atomic E-state index is -0.943. The van der Waals surface area contributed by atoms with E-state index in [-0.39, 0.29) is 11.6 Å². The molecule has 1 aliphatic heterocycles. The smallest absolute Gasteiger partial charge is 0.352 e. The third-order valence-corrected chi connectivity index (χ3v) is 2.97. The van der Waals surface area contributed by atoms with Crippen LogP contribution in [0.15, 0.2) is 12.1 Å². The molecule has 0 aromatic carbocycles. The summed E-state index contributed by atoms with van der Waals surface area (Å²) in [6, 6.07) is 3.33. The van der Waals surface area contributed by atoms with E-state index in [0.717, 1.165) is 18.7 Å². The number of carboxylic acids is 1. The Labute approximate surface area is 93.3 Å². The zero-order valence-electron chi connectivity index (χ0n) is 9.14. The molecule has 1 fully saturated rings. The minimum Gasteiger partial charge on any atom is -0.477 e. The van der Waals surface area contributed by atoms with Crippen LogP contribution in [0.25, 0.3) is 0 Å². The highest BCUT2D eigenvalue weighted by molar-refractivity contribution is 5.86. The van der Waals surface area contributed by atoms with Crippen LogP contribution in [0.3, 0.4) is 0 Å². The van der Waals surface area contributed by atoms with E-state index in [9.17, 15) is 9.59 Å². The third kappa shape index (κ3) is 1.80. The van der Waals surface area contributed by atoms with Gasteiger partial charge in [-0.05, 0) is 18.6 Å². The summed E-state index contributed by atoms with van der Waals surface area (Å²) in [5.74, 6) is -0.792. The van der Waals surface area contributed by atoms with Crippen LogP contribution >= 0.6 is 0 Å². The van der Waals surface area contributed by atoms with Crippen molar-refractivity contribution in [1.82, 2.24) is 9.47 Å². The summed E-state index contributed by atoms with van der Waals surface area (Å²) in [5, 5.41) is 8.89. The first-order valence-corrected chi connectivity index (χ1v) is 5.25. The van der Waals surface area contributed by atoms with E-state index in [4.69, 9.17) is 5.11 Å². The average Bonchev–Trinajstić information content (AvgIpc) is 2.76. The lowest BCUT2D eigenvalue weighted by molar-refractivity contribution is -0.128. The van der Waals surface area contributed by atoms with E-state index in [1.54, 1.807) is 28.6 Å². The quantitative estimate of drug-likeness (QED) is 0.824. The van der Waals surface area contributed by atoms with Crippen LogP contribution in [-0.4, -0.2) is 33.0 Å². The Kier molecular flexibility index (Phi) is 2.68. The minimum absolute atomic E-state index is 0.151. The van der Waals surface area contributed by atoms with Gasteiger partial charge >= 0.3 is 5.97 Å². The number of carbonyl (C=O) groups is 2. The largest absolute Gasteiger partial charge is 0.477 e. The van der Waals surface area contributed by atoms with Gasteiger partial charge in [0.15, 0.2) is 0 Å². The molecule has 0 aliphatic carbocycles. The van der Waals surface area contributed by atoms with E-state index in [1.165, 1.54) is 0 Å². The van der Waals surface area contributed by atoms with E-state index >= 15 is 0 Å². The molecule has 1 amide bonds. The molecule has 1 aromatic heterocycles. The Morgan fingerprint density at radius 3 is 2.75 bits per heavy atom. The van der Waals surface area contributed by atoms with Crippen LogP contribution < -0.4 is 0 Å². The van der Waals surface area contributed by atoms with Gasteiger partial charge in [0.25, 0.3) is 0 Å². The second kappa shape index (κ2) is 4.00. The summed E-state index contributed by atoms with van der Waals surface area (Å²) < 4.78 is 1.62. The molecule has 2 heterocycles. The van der Waals surface area contributed by atoms with Gasteiger partial charge in [-0.1, -0.05) is 0 Å². The molecule has 0 saturated carbocycles. The van der Waals surface area contributed by atoms with E-state index < -0.39 is 5.97 Å². The van der Waals surface area contributed by atoms with Crippen LogP contribution in [0, 0.1) is 0 Å². The molecule has 1 aromatic rings. The van der Waals surface area contributed by atoms with Gasteiger partial charge in [0.2, 0.25) is 5.91 Å². The lowest BCUT2D eigenvalue weighted by Gasteiger charge is -2.16. The fourth-order valence-electron chi connectivity index (χ4n) is 1.99. The Hall–Kier alpha value is -1.78. The molecule has 5 nitrogen and oxygen atoms in total. The molecule has 0 atom stereocenters. The van der Waals surface area contributed by atoms with Crippen molar-refractivity contribution >= 4 is 11.9 Å². The number of carbonyl (C=O) groups excluding carboxylic acids is 1. The Bertz CT molecular complexity index is 436. The number of carboxylic acid groups (broad SMARTS) is 1. The standard InChI is InChI=1S/C11H14N2O3/c1-12-8(4-5-9(12)11(15)16)7-13-6-2-3-10(13)14/h4-5H,2-3,6-7H2,1H3,(H,15,16). The number of aromatic carboxylic acids is 1. The number of likely N-dealkylation sites (tertiary alicyclic amines) is 1. The number of aromatic nitrogens is 1. The molecule has 0 spiro atoms. The van der Waals surface area contributed by atoms with Crippen LogP contribution in [0.4, 0.5) is 0 Å². The highest BCUT2D eigenvalue weighted by Gasteiger charge is 2.21. The maximum absolute atomic E-state index is 11.4. The molecular formula is C11H14N2O3. The fraction of sp³-hybridized carbons (Fsp3) is 0.455. The first kappa shape index (κ1) is 10.7. The van der Waals surface area contributed by atoms with Crippen molar-refractivity contribution in [2.75, 3.05) is 6.54 Å². The van der Waals surface area contributed by atoms with Gasteiger partial charge in [-0.25, -0.2) is 4.79 Å². The molecule has 1 N–H and O–H groups in total. The molecule has 2 rings (SSSR count). The van der Waals surface area contributed by atoms with Gasteiger partial charge in [-0.15, -0.1) is 0 Å². The predicted octanol–water partition coefficient (Wildman–Crippen LogP) is 0.846. The fourth-order valence-corrected chi connectivity index (χ4v) is 1.99. The highest BCUT2D eigenvalue weighted by Crippen LogP contribution is 2.15. The summed E-state index contributed by atoms with van der Waals surface area (Å²) in [6.45, 7) is 1.27. The number of amides is 1. The topological polar surface area (TPSA) is 62.5 Å². The predicted molar refractivity (Wildman–Crippen MR) is 57.0 cm³/mol. The lowest BCUT2D eigenvalue weighted by atomic mass is 10.4. The second-order valence-corrected chi connectivity index (χ2v) is 3.99. The van der Waals surface area contributed by atoms with Crippen molar-refractivity contribution in [3.05, 3.63) is 23.5 Å². The molecular weight excluding hydrogens is 208 g/mol. The van der Waals surface area contributed by atoms with Crippen molar-refractivity contribution in [1.29, 1.82) is 0 Å². The normalized spacial score (nSPS) is 15.8. The first-order chi connectivity index (χ1) is 7.59. The van der Waals surface area contributed by atoms with Gasteiger partial charge in [-0.2, -0.15) is 0 Å². The molecule has 1 saturated heterocycles. The summed E-state index contributed by atoms with van der Waals surface area (Å²) in [6.07, 6.45) is 1.51. The zero-order valence-corrected chi connectivity index (χ0v) is 9.14. The van der Waals surface area contributed by atoms with Crippen LogP contribution in [0.2, 0.25) is 0 Å². The number of nitrogens with zero attached hydrogens (tertiary/aromatic N) is 2. The van der Waals surface area contributed by atoms with Crippen molar-refractivity contribution in [3.8, 4) is 0 Å². The first-order valence-electron chi connectivity index (χ1n) is 5.25. The van der Waals surface area contributed by atoms with Crippen molar-refractivity contribution < 1.29 is 14.7 Å². The van der Waals surface area contributed by atoms with Gasteiger partial charge in [-0.3, -0.25) is 4.79 Å². The van der Waals surface area contributed by atoms with Crippen LogP contribution in [0.5, 0.6) is 0 Å². The monoisotopic (exact) mass is 222 g/mol. The summed E-state index contributed by atoms with van der Waals surface area (Å²) >= 11 is 0. The molecule has 1 aliphatic rings. The second-order valence-electron chi connectivity index (χ2n) is 3.99. The zero-order chi connectivity index (χ0) is 11.7. The molecule has 5 heteroatoms.